The fraction of sp³-hybridized carbons (Fsp3) is 0.192. The second kappa shape index (κ2) is 10.6. The maximum absolute atomic E-state index is 11.5. The Hall–Kier alpha value is -3.42. The van der Waals surface area contributed by atoms with Crippen LogP contribution in [0.1, 0.15) is 12.3 Å². The van der Waals surface area contributed by atoms with E-state index in [-0.39, 0.29) is 31.3 Å². The van der Waals surface area contributed by atoms with Gasteiger partial charge in [-0.2, -0.15) is 4.57 Å². The molecular weight excluding hydrogens is 568 g/mol. The Morgan fingerprint density at radius 2 is 1.64 bits per heavy atom. The molecule has 0 N–H and O–H groups in total. The van der Waals surface area contributed by atoms with Crippen LogP contribution in [0.3, 0.4) is 0 Å². The van der Waals surface area contributed by atoms with Gasteiger partial charge in [-0.3, -0.25) is 0 Å². The zero-order valence-electron chi connectivity index (χ0n) is 20.3. The summed E-state index contributed by atoms with van der Waals surface area (Å²) in [6.45, 7) is -0.0582. The van der Waals surface area contributed by atoms with Gasteiger partial charge in [0, 0.05) is 23.4 Å². The van der Waals surface area contributed by atoms with Crippen LogP contribution in [-0.4, -0.2) is 44.0 Å². The van der Waals surface area contributed by atoms with Crippen molar-refractivity contribution in [3.63, 3.8) is 0 Å². The van der Waals surface area contributed by atoms with Crippen LogP contribution < -0.4 is 14.2 Å². The molecule has 3 aromatic carbocycles. The van der Waals surface area contributed by atoms with Crippen molar-refractivity contribution < 1.29 is 39.7 Å². The van der Waals surface area contributed by atoms with Gasteiger partial charge in [0.2, 0.25) is 11.5 Å². The van der Waals surface area contributed by atoms with Crippen molar-refractivity contribution in [2.24, 2.45) is 0 Å². The maximum Gasteiger partial charge on any atom is 0.379 e. The van der Waals surface area contributed by atoms with Crippen LogP contribution in [0.4, 0.5) is 5.69 Å². The largest absolute Gasteiger partial charge is 0.748 e. The summed E-state index contributed by atoms with van der Waals surface area (Å²) in [6.07, 6.45) is 1.55. The third-order valence-electron chi connectivity index (χ3n) is 6.12. The zero-order valence-corrected chi connectivity index (χ0v) is 22.7. The van der Waals surface area contributed by atoms with E-state index in [2.05, 4.69) is 0 Å². The van der Waals surface area contributed by atoms with Gasteiger partial charge in [0.1, 0.15) is 16.2 Å². The normalized spacial score (nSPS) is 14.6. The van der Waals surface area contributed by atoms with Gasteiger partial charge in [-0.15, -0.1) is 0 Å². The Kier molecular flexibility index (Phi) is 7.40. The molecule has 0 atom stereocenters. The number of aryl methyl sites for hydroxylation is 1. The van der Waals surface area contributed by atoms with E-state index in [1.807, 2.05) is 42.5 Å². The predicted octanol–water partition coefficient (Wildman–Crippen LogP) is 3.72. The first kappa shape index (κ1) is 27.2. The number of anilines is 1. The molecular formula is C26H22ClN2O8S2-. The molecule has 13 heteroatoms. The Balaban J connectivity index is 1.59. The molecule has 1 aliphatic rings. The van der Waals surface area contributed by atoms with Crippen LogP contribution in [0.15, 0.2) is 77.0 Å². The molecule has 1 aliphatic heterocycles. The van der Waals surface area contributed by atoms with E-state index in [0.717, 1.165) is 11.1 Å². The van der Waals surface area contributed by atoms with Crippen molar-refractivity contribution in [2.45, 2.75) is 13.0 Å². The highest BCUT2D eigenvalue weighted by atomic mass is 35.5. The van der Waals surface area contributed by atoms with Crippen LogP contribution >= 0.6 is 11.6 Å². The van der Waals surface area contributed by atoms with Crippen LogP contribution in [0.5, 0.6) is 5.75 Å². The van der Waals surface area contributed by atoms with E-state index < -0.39 is 31.7 Å². The molecule has 4 aromatic rings. The van der Waals surface area contributed by atoms with Crippen LogP contribution in [0.25, 0.3) is 28.3 Å². The van der Waals surface area contributed by atoms with Gasteiger partial charge in [-0.25, -0.2) is 16.8 Å². The number of aromatic nitrogens is 1. The Bertz CT molecular complexity index is 1790. The molecule has 39 heavy (non-hydrogen) atoms. The van der Waals surface area contributed by atoms with Gasteiger partial charge < -0.3 is 23.2 Å². The highest BCUT2D eigenvalue weighted by Gasteiger charge is 2.30. The number of ether oxygens (including phenoxy) is 1. The van der Waals surface area contributed by atoms with Crippen molar-refractivity contribution in [2.75, 3.05) is 23.0 Å². The summed E-state index contributed by atoms with van der Waals surface area (Å²) in [4.78, 5) is 1.66. The first-order valence-electron chi connectivity index (χ1n) is 11.8. The summed E-state index contributed by atoms with van der Waals surface area (Å²) in [7, 11) is -8.96. The molecule has 0 radical (unpaired) electrons. The number of hydrogen-bond donors (Lipinski definition) is 0. The molecule has 0 bridgehead atoms. The second-order valence-corrected chi connectivity index (χ2v) is 12.3. The fourth-order valence-corrected chi connectivity index (χ4v) is 5.42. The van der Waals surface area contributed by atoms with Gasteiger partial charge in [0.15, 0.2) is 12.3 Å². The van der Waals surface area contributed by atoms with Crippen molar-refractivity contribution in [1.29, 1.82) is 0 Å². The Labute approximate surface area is 230 Å². The quantitative estimate of drug-likeness (QED) is 0.211. The molecule has 0 amide bonds. The lowest BCUT2D eigenvalue weighted by Crippen LogP contribution is -2.39. The standard InChI is InChI=1S/C26H23ClN2O8S2/c27-20-8-10-24-22(16-20)28(11-4-13-38(30,31)32)25(37-24)17-26-29(12-14-39(33,34)35)21-15-19(7-9-23(21)36-26)18-5-2-1-3-6-18/h1-3,5-10,15-17H,4,11-14H2,(H-,30,31,32,33,34,35)/p-1. The number of oxazole rings is 1. The Morgan fingerprint density at radius 3 is 2.36 bits per heavy atom. The zero-order chi connectivity index (χ0) is 27.8. The molecule has 204 valence electrons. The maximum atomic E-state index is 11.5. The minimum atomic E-state index is -4.54. The average molecular weight is 590 g/mol. The number of fused-ring (bicyclic) bond motifs is 2. The molecule has 5 rings (SSSR count). The summed E-state index contributed by atoms with van der Waals surface area (Å²) in [5.74, 6) is -0.335. The molecule has 0 aliphatic carbocycles. The van der Waals surface area contributed by atoms with Crippen molar-refractivity contribution >= 4 is 54.7 Å². The van der Waals surface area contributed by atoms with E-state index in [1.54, 1.807) is 33.7 Å². The summed E-state index contributed by atoms with van der Waals surface area (Å²) < 4.78 is 81.7. The fourth-order valence-electron chi connectivity index (χ4n) is 4.37. The van der Waals surface area contributed by atoms with Gasteiger partial charge in [0.05, 0.1) is 21.6 Å². The van der Waals surface area contributed by atoms with Crippen molar-refractivity contribution in [3.8, 4) is 16.9 Å². The summed E-state index contributed by atoms with van der Waals surface area (Å²) >= 11 is 6.17. The van der Waals surface area contributed by atoms with Gasteiger partial charge >= 0.3 is 5.89 Å². The SMILES string of the molecule is O=S(=O)([O-])CCCN1C(=Cc2oc3ccc(-c4ccccc4)cc3[n+]2CCS(=O)(=O)[O-])Oc2ccc(Cl)cc21. The molecule has 1 aromatic heterocycles. The van der Waals surface area contributed by atoms with Crippen molar-refractivity contribution in [3.05, 3.63) is 83.5 Å². The first-order chi connectivity index (χ1) is 18.5. The number of benzene rings is 3. The van der Waals surface area contributed by atoms with E-state index >= 15 is 0 Å². The van der Waals surface area contributed by atoms with Crippen LogP contribution in [0.2, 0.25) is 5.02 Å². The topological polar surface area (TPSA) is 144 Å². The molecule has 10 nitrogen and oxygen atoms in total. The third-order valence-corrected chi connectivity index (χ3v) is 7.82. The summed E-state index contributed by atoms with van der Waals surface area (Å²) in [5.41, 5.74) is 3.38. The first-order valence-corrected chi connectivity index (χ1v) is 15.4. The van der Waals surface area contributed by atoms with E-state index in [0.29, 0.717) is 27.6 Å². The smallest absolute Gasteiger partial charge is 0.379 e. The molecule has 0 unspecified atom stereocenters. The average Bonchev–Trinajstić information content (AvgIpc) is 3.38. The van der Waals surface area contributed by atoms with Gasteiger partial charge in [-0.05, 0) is 41.8 Å². The number of hydrogen-bond acceptors (Lipinski definition) is 9. The van der Waals surface area contributed by atoms with E-state index in [4.69, 9.17) is 20.8 Å². The number of nitrogens with zero attached hydrogens (tertiary/aromatic N) is 2. The van der Waals surface area contributed by atoms with E-state index in [1.165, 1.54) is 6.08 Å². The van der Waals surface area contributed by atoms with Gasteiger partial charge in [-0.1, -0.05) is 48.0 Å². The third kappa shape index (κ3) is 6.43. The lowest BCUT2D eigenvalue weighted by Gasteiger charge is -2.18. The van der Waals surface area contributed by atoms with Crippen LogP contribution in [0, 0.1) is 0 Å². The lowest BCUT2D eigenvalue weighted by atomic mass is 10.1. The monoisotopic (exact) mass is 589 g/mol. The molecule has 0 fully saturated rings. The number of rotatable bonds is 9. The molecule has 2 heterocycles. The summed E-state index contributed by atoms with van der Waals surface area (Å²) in [6, 6.07) is 20.0. The molecule has 0 spiro atoms. The van der Waals surface area contributed by atoms with Crippen LogP contribution in [-0.2, 0) is 26.8 Å². The predicted molar refractivity (Wildman–Crippen MR) is 143 cm³/mol. The van der Waals surface area contributed by atoms with E-state index in [9.17, 15) is 25.9 Å². The molecule has 0 saturated heterocycles. The number of halogens is 1. The lowest BCUT2D eigenvalue weighted by molar-refractivity contribution is -0.673. The summed E-state index contributed by atoms with van der Waals surface area (Å²) in [5, 5.41) is 0.424. The van der Waals surface area contributed by atoms with Gasteiger partial charge in [0.25, 0.3) is 5.52 Å². The highest BCUT2D eigenvalue weighted by molar-refractivity contribution is 7.85. The minimum absolute atomic E-state index is 0.0213. The Morgan fingerprint density at radius 1 is 0.897 bits per heavy atom. The van der Waals surface area contributed by atoms with Crippen molar-refractivity contribution in [1.82, 2.24) is 0 Å². The second-order valence-electron chi connectivity index (χ2n) is 8.87. The molecule has 0 saturated carbocycles. The minimum Gasteiger partial charge on any atom is -0.748 e. The highest BCUT2D eigenvalue weighted by Crippen LogP contribution is 2.41.